The van der Waals surface area contributed by atoms with Crippen molar-refractivity contribution in [3.8, 4) is 0 Å². The van der Waals surface area contributed by atoms with Crippen molar-refractivity contribution in [1.29, 1.82) is 0 Å². The summed E-state index contributed by atoms with van der Waals surface area (Å²) < 4.78 is 50.3. The quantitative estimate of drug-likeness (QED) is 0.600. The number of hydrogen-bond donors (Lipinski definition) is 1. The van der Waals surface area contributed by atoms with E-state index in [9.17, 15) is 17.6 Å². The van der Waals surface area contributed by atoms with Crippen molar-refractivity contribution >= 4 is 5.69 Å². The van der Waals surface area contributed by atoms with Gasteiger partial charge in [-0.3, -0.25) is 0 Å². The summed E-state index contributed by atoms with van der Waals surface area (Å²) in [7, 11) is 0. The normalized spacial score (nSPS) is 11.9. The van der Waals surface area contributed by atoms with E-state index in [2.05, 4.69) is 19.2 Å². The van der Waals surface area contributed by atoms with Gasteiger partial charge in [0.15, 0.2) is 0 Å². The van der Waals surface area contributed by atoms with Crippen LogP contribution in [0.3, 0.4) is 0 Å². The van der Waals surface area contributed by atoms with Crippen molar-refractivity contribution in [3.63, 3.8) is 0 Å². The number of hydrogen-bond acceptors (Lipinski definition) is 1. The molecule has 1 nitrogen and oxygen atoms in total. The first-order chi connectivity index (χ1) is 8.30. The van der Waals surface area contributed by atoms with Gasteiger partial charge in [-0.05, 0) is 37.0 Å². The third kappa shape index (κ3) is 4.55. The summed E-state index contributed by atoms with van der Waals surface area (Å²) in [6, 6.07) is 2.53. The number of anilines is 1. The Balaban J connectivity index is 2.58. The lowest BCUT2D eigenvalue weighted by Gasteiger charge is -2.11. The van der Waals surface area contributed by atoms with Crippen LogP contribution in [0.25, 0.3) is 0 Å². The Labute approximate surface area is 104 Å². The highest BCUT2D eigenvalue weighted by molar-refractivity contribution is 5.46. The highest BCUT2D eigenvalue weighted by Crippen LogP contribution is 2.31. The van der Waals surface area contributed by atoms with Gasteiger partial charge in [-0.25, -0.2) is 4.39 Å². The second-order valence-electron chi connectivity index (χ2n) is 4.66. The third-order valence-corrected chi connectivity index (χ3v) is 2.57. The van der Waals surface area contributed by atoms with Crippen LogP contribution in [-0.2, 0) is 6.18 Å². The van der Waals surface area contributed by atoms with E-state index >= 15 is 0 Å². The molecule has 0 atom stereocenters. The van der Waals surface area contributed by atoms with Crippen molar-refractivity contribution in [2.75, 3.05) is 11.9 Å². The van der Waals surface area contributed by atoms with E-state index in [1.165, 1.54) is 0 Å². The van der Waals surface area contributed by atoms with Gasteiger partial charge in [-0.2, -0.15) is 13.2 Å². The lowest BCUT2D eigenvalue weighted by molar-refractivity contribution is -0.137. The summed E-state index contributed by atoms with van der Waals surface area (Å²) in [6.07, 6.45) is -2.65. The minimum absolute atomic E-state index is 0.117. The molecule has 0 heterocycles. The molecule has 18 heavy (non-hydrogen) atoms. The number of rotatable bonds is 5. The molecule has 0 amide bonds. The van der Waals surface area contributed by atoms with Crippen LogP contribution in [0.4, 0.5) is 23.2 Å². The van der Waals surface area contributed by atoms with Gasteiger partial charge < -0.3 is 5.32 Å². The van der Waals surface area contributed by atoms with E-state index in [0.29, 0.717) is 18.5 Å². The van der Waals surface area contributed by atoms with Crippen molar-refractivity contribution < 1.29 is 17.6 Å². The molecule has 102 valence electrons. The van der Waals surface area contributed by atoms with E-state index in [0.717, 1.165) is 25.0 Å². The Morgan fingerprint density at radius 1 is 1.22 bits per heavy atom. The molecule has 0 aromatic heterocycles. The van der Waals surface area contributed by atoms with Crippen LogP contribution in [0.5, 0.6) is 0 Å². The number of alkyl halides is 3. The summed E-state index contributed by atoms with van der Waals surface area (Å²) in [5.74, 6) is -0.307. The van der Waals surface area contributed by atoms with Crippen molar-refractivity contribution in [3.05, 3.63) is 29.6 Å². The molecule has 0 bridgehead atoms. The first-order valence-corrected chi connectivity index (χ1v) is 5.91. The molecule has 0 saturated carbocycles. The molecule has 1 aromatic rings. The van der Waals surface area contributed by atoms with E-state index in [1.54, 1.807) is 0 Å². The monoisotopic (exact) mass is 263 g/mol. The molecule has 1 rings (SSSR count). The predicted molar refractivity (Wildman–Crippen MR) is 64.0 cm³/mol. The van der Waals surface area contributed by atoms with E-state index in [-0.39, 0.29) is 5.69 Å². The fourth-order valence-electron chi connectivity index (χ4n) is 1.57. The molecular weight excluding hydrogens is 246 g/mol. The molecule has 0 unspecified atom stereocenters. The van der Waals surface area contributed by atoms with Gasteiger partial charge in [0.05, 0.1) is 11.3 Å². The van der Waals surface area contributed by atoms with Crippen LogP contribution in [0.1, 0.15) is 32.3 Å². The molecule has 1 N–H and O–H groups in total. The first kappa shape index (κ1) is 14.8. The van der Waals surface area contributed by atoms with Crippen LogP contribution in [0.15, 0.2) is 18.2 Å². The Bertz CT molecular complexity index is 385. The predicted octanol–water partition coefficient (Wildman–Crippen LogP) is 4.69. The average Bonchev–Trinajstić information content (AvgIpc) is 2.24. The molecule has 0 saturated heterocycles. The lowest BCUT2D eigenvalue weighted by atomic mass is 10.1. The summed E-state index contributed by atoms with van der Waals surface area (Å²) in [4.78, 5) is 0. The van der Waals surface area contributed by atoms with Crippen LogP contribution in [0.2, 0.25) is 0 Å². The molecule has 0 aliphatic rings. The van der Waals surface area contributed by atoms with Crippen molar-refractivity contribution in [2.45, 2.75) is 32.9 Å². The molecule has 5 heteroatoms. The Hall–Kier alpha value is -1.26. The summed E-state index contributed by atoms with van der Waals surface area (Å²) >= 11 is 0. The van der Waals surface area contributed by atoms with Crippen LogP contribution in [-0.4, -0.2) is 6.54 Å². The van der Waals surface area contributed by atoms with Gasteiger partial charge in [-0.1, -0.05) is 13.8 Å². The van der Waals surface area contributed by atoms with Crippen LogP contribution < -0.4 is 5.32 Å². The Morgan fingerprint density at radius 2 is 1.89 bits per heavy atom. The van der Waals surface area contributed by atoms with Gasteiger partial charge in [0.25, 0.3) is 0 Å². The SMILES string of the molecule is CC(C)CCCNc1ccc(C(F)(F)F)cc1F. The zero-order chi connectivity index (χ0) is 13.8. The average molecular weight is 263 g/mol. The van der Waals surface area contributed by atoms with E-state index in [4.69, 9.17) is 0 Å². The fourth-order valence-corrected chi connectivity index (χ4v) is 1.57. The molecule has 1 aromatic carbocycles. The molecule has 0 aliphatic heterocycles. The molecule has 0 radical (unpaired) electrons. The Kier molecular flexibility index (Phi) is 4.99. The fraction of sp³-hybridized carbons (Fsp3) is 0.538. The molecule has 0 fully saturated rings. The van der Waals surface area contributed by atoms with Gasteiger partial charge >= 0.3 is 6.18 Å². The Morgan fingerprint density at radius 3 is 2.39 bits per heavy atom. The summed E-state index contributed by atoms with van der Waals surface area (Å²) in [5, 5.41) is 2.80. The van der Waals surface area contributed by atoms with E-state index < -0.39 is 17.6 Å². The summed E-state index contributed by atoms with van der Waals surface area (Å²) in [6.45, 7) is 4.72. The van der Waals surface area contributed by atoms with E-state index in [1.807, 2.05) is 0 Å². The number of nitrogens with one attached hydrogen (secondary N) is 1. The standard InChI is InChI=1S/C13H17F4N/c1-9(2)4-3-7-18-12-6-5-10(8-11(12)14)13(15,16)17/h5-6,8-9,18H,3-4,7H2,1-2H3. The topological polar surface area (TPSA) is 12.0 Å². The van der Waals surface area contributed by atoms with Crippen LogP contribution in [0, 0.1) is 11.7 Å². The highest BCUT2D eigenvalue weighted by atomic mass is 19.4. The maximum absolute atomic E-state index is 13.4. The molecular formula is C13H17F4N. The number of halogens is 4. The maximum Gasteiger partial charge on any atom is 0.416 e. The minimum atomic E-state index is -4.50. The molecule has 0 aliphatic carbocycles. The van der Waals surface area contributed by atoms with Gasteiger partial charge in [0.1, 0.15) is 5.82 Å². The van der Waals surface area contributed by atoms with Crippen molar-refractivity contribution in [1.82, 2.24) is 0 Å². The second-order valence-corrected chi connectivity index (χ2v) is 4.66. The third-order valence-electron chi connectivity index (χ3n) is 2.57. The zero-order valence-electron chi connectivity index (χ0n) is 10.4. The van der Waals surface area contributed by atoms with Gasteiger partial charge in [0, 0.05) is 6.54 Å². The van der Waals surface area contributed by atoms with Crippen molar-refractivity contribution in [2.24, 2.45) is 5.92 Å². The largest absolute Gasteiger partial charge is 0.416 e. The first-order valence-electron chi connectivity index (χ1n) is 5.91. The minimum Gasteiger partial charge on any atom is -0.383 e. The highest BCUT2D eigenvalue weighted by Gasteiger charge is 2.31. The molecule has 0 spiro atoms. The maximum atomic E-state index is 13.4. The second kappa shape index (κ2) is 6.07. The zero-order valence-corrected chi connectivity index (χ0v) is 10.4. The smallest absolute Gasteiger partial charge is 0.383 e. The van der Waals surface area contributed by atoms with Gasteiger partial charge in [-0.15, -0.1) is 0 Å². The summed E-state index contributed by atoms with van der Waals surface area (Å²) in [5.41, 5.74) is -0.848. The lowest BCUT2D eigenvalue weighted by Crippen LogP contribution is -2.08. The number of benzene rings is 1. The van der Waals surface area contributed by atoms with Gasteiger partial charge in [0.2, 0.25) is 0 Å². The van der Waals surface area contributed by atoms with Crippen LogP contribution >= 0.6 is 0 Å².